The first kappa shape index (κ1) is 13.0. The minimum Gasteiger partial charge on any atom is -0.339 e. The molecule has 3 fully saturated rings. The lowest BCUT2D eigenvalue weighted by molar-refractivity contribution is -0.137. The Balaban J connectivity index is 1.63. The van der Waals surface area contributed by atoms with Crippen LogP contribution >= 0.6 is 15.9 Å². The molecule has 3 atom stereocenters. The van der Waals surface area contributed by atoms with E-state index in [0.717, 1.165) is 30.1 Å². The molecule has 3 rings (SSSR count). The van der Waals surface area contributed by atoms with E-state index in [9.17, 15) is 4.79 Å². The molecule has 2 aliphatic carbocycles. The molecule has 1 saturated heterocycles. The second-order valence-corrected chi connectivity index (χ2v) is 7.09. The molecule has 3 heteroatoms. The molecule has 18 heavy (non-hydrogen) atoms. The molecule has 2 saturated carbocycles. The smallest absolute Gasteiger partial charge is 0.226 e. The lowest BCUT2D eigenvalue weighted by Crippen LogP contribution is -2.45. The normalized spacial score (nSPS) is 39.3. The maximum Gasteiger partial charge on any atom is 0.226 e. The Morgan fingerprint density at radius 2 is 1.72 bits per heavy atom. The number of rotatable bonds is 3. The van der Waals surface area contributed by atoms with Gasteiger partial charge in [-0.15, -0.1) is 0 Å². The quantitative estimate of drug-likeness (QED) is 0.729. The summed E-state index contributed by atoms with van der Waals surface area (Å²) >= 11 is 3.54. The van der Waals surface area contributed by atoms with Gasteiger partial charge in [-0.25, -0.2) is 0 Å². The van der Waals surface area contributed by atoms with Crippen molar-refractivity contribution in [3.63, 3.8) is 0 Å². The Hall–Kier alpha value is -0.0500. The number of fused-ring (bicyclic) bond motifs is 1. The number of piperidine rings is 1. The number of hydrogen-bond donors (Lipinski definition) is 0. The lowest BCUT2D eigenvalue weighted by Gasteiger charge is -2.36. The molecule has 2 nitrogen and oxygen atoms in total. The largest absolute Gasteiger partial charge is 0.339 e. The van der Waals surface area contributed by atoms with E-state index in [1.807, 2.05) is 0 Å². The predicted molar refractivity (Wildman–Crippen MR) is 76.7 cm³/mol. The van der Waals surface area contributed by atoms with Gasteiger partial charge >= 0.3 is 0 Å². The summed E-state index contributed by atoms with van der Waals surface area (Å²) in [5.41, 5.74) is 0. The third kappa shape index (κ3) is 2.35. The van der Waals surface area contributed by atoms with Crippen LogP contribution in [0.15, 0.2) is 0 Å². The average molecular weight is 314 g/mol. The van der Waals surface area contributed by atoms with E-state index < -0.39 is 0 Å². The van der Waals surface area contributed by atoms with Gasteiger partial charge in [0.1, 0.15) is 0 Å². The third-order valence-corrected chi connectivity index (χ3v) is 5.75. The second kappa shape index (κ2) is 5.52. The van der Waals surface area contributed by atoms with Crippen LogP contribution in [0.3, 0.4) is 0 Å². The van der Waals surface area contributed by atoms with Gasteiger partial charge in [0, 0.05) is 23.8 Å². The average Bonchev–Trinajstić information content (AvgIpc) is 3.13. The maximum atomic E-state index is 12.7. The number of amides is 1. The number of nitrogens with zero attached hydrogens (tertiary/aromatic N) is 1. The number of carbonyl (C=O) groups is 1. The molecule has 0 radical (unpaired) electrons. The van der Waals surface area contributed by atoms with E-state index in [4.69, 9.17) is 0 Å². The van der Waals surface area contributed by atoms with Gasteiger partial charge in [-0.2, -0.15) is 0 Å². The zero-order valence-corrected chi connectivity index (χ0v) is 12.7. The molecule has 3 unspecified atom stereocenters. The fourth-order valence-electron chi connectivity index (χ4n) is 4.27. The van der Waals surface area contributed by atoms with Gasteiger partial charge in [-0.3, -0.25) is 4.79 Å². The summed E-state index contributed by atoms with van der Waals surface area (Å²) in [6.07, 6.45) is 10.2. The van der Waals surface area contributed by atoms with Gasteiger partial charge in [0.2, 0.25) is 5.91 Å². The van der Waals surface area contributed by atoms with Gasteiger partial charge in [0.05, 0.1) is 0 Å². The molecule has 1 aliphatic heterocycles. The van der Waals surface area contributed by atoms with Crippen LogP contribution in [-0.4, -0.2) is 28.7 Å². The first-order valence-corrected chi connectivity index (χ1v) is 8.81. The molecule has 1 heterocycles. The fraction of sp³-hybridized carbons (Fsp3) is 0.933. The lowest BCUT2D eigenvalue weighted by atomic mass is 9.99. The highest BCUT2D eigenvalue weighted by Crippen LogP contribution is 2.56. The molecule has 0 aromatic heterocycles. The van der Waals surface area contributed by atoms with Gasteiger partial charge in [-0.1, -0.05) is 28.8 Å². The SMILES string of the molecule is O=C(C1C2CCCCC21)N1CCCCC1CCBr. The maximum absolute atomic E-state index is 12.7. The Morgan fingerprint density at radius 3 is 2.39 bits per heavy atom. The van der Waals surface area contributed by atoms with E-state index in [1.54, 1.807) is 0 Å². The summed E-state index contributed by atoms with van der Waals surface area (Å²) in [7, 11) is 0. The molecular formula is C15H24BrNO. The summed E-state index contributed by atoms with van der Waals surface area (Å²) in [5.74, 6) is 2.46. The van der Waals surface area contributed by atoms with Crippen molar-refractivity contribution >= 4 is 21.8 Å². The van der Waals surface area contributed by atoms with Crippen LogP contribution < -0.4 is 0 Å². The van der Waals surface area contributed by atoms with E-state index in [1.165, 1.54) is 44.9 Å². The number of hydrogen-bond acceptors (Lipinski definition) is 1. The fourth-order valence-corrected chi connectivity index (χ4v) is 4.80. The molecule has 102 valence electrons. The molecule has 0 spiro atoms. The number of carbonyl (C=O) groups excluding carboxylic acids is 1. The predicted octanol–water partition coefficient (Wildman–Crippen LogP) is 3.59. The highest BCUT2D eigenvalue weighted by molar-refractivity contribution is 9.09. The summed E-state index contributed by atoms with van der Waals surface area (Å²) in [6.45, 7) is 1.02. The molecule has 1 amide bonds. The molecule has 0 N–H and O–H groups in total. The van der Waals surface area contributed by atoms with Gasteiger partial charge < -0.3 is 4.90 Å². The van der Waals surface area contributed by atoms with Crippen LogP contribution in [0.2, 0.25) is 0 Å². The van der Waals surface area contributed by atoms with Crippen LogP contribution in [0.4, 0.5) is 0 Å². The zero-order chi connectivity index (χ0) is 12.5. The Labute approximate surface area is 119 Å². The molecule has 3 aliphatic rings. The van der Waals surface area contributed by atoms with Crippen LogP contribution in [0, 0.1) is 17.8 Å². The first-order chi connectivity index (χ1) is 8.83. The second-order valence-electron chi connectivity index (χ2n) is 6.30. The summed E-state index contributed by atoms with van der Waals surface area (Å²) in [6, 6.07) is 0.522. The summed E-state index contributed by atoms with van der Waals surface area (Å²) in [4.78, 5) is 15.0. The Morgan fingerprint density at radius 1 is 1.06 bits per heavy atom. The van der Waals surface area contributed by atoms with Crippen molar-refractivity contribution in [3.8, 4) is 0 Å². The van der Waals surface area contributed by atoms with Crippen molar-refractivity contribution in [2.75, 3.05) is 11.9 Å². The summed E-state index contributed by atoms with van der Waals surface area (Å²) in [5, 5.41) is 1.03. The molecule has 0 aromatic carbocycles. The Kier molecular flexibility index (Phi) is 3.97. The van der Waals surface area contributed by atoms with Crippen LogP contribution in [-0.2, 0) is 4.79 Å². The minimum absolute atomic E-state index is 0.420. The van der Waals surface area contributed by atoms with E-state index in [0.29, 0.717) is 17.9 Å². The topological polar surface area (TPSA) is 20.3 Å². The number of halogens is 1. The monoisotopic (exact) mass is 313 g/mol. The van der Waals surface area contributed by atoms with Crippen LogP contribution in [0.5, 0.6) is 0 Å². The van der Waals surface area contributed by atoms with Crippen molar-refractivity contribution in [2.45, 2.75) is 57.4 Å². The number of likely N-dealkylation sites (tertiary alicyclic amines) is 1. The minimum atomic E-state index is 0.420. The van der Waals surface area contributed by atoms with Crippen molar-refractivity contribution < 1.29 is 4.79 Å². The Bertz CT molecular complexity index is 306. The van der Waals surface area contributed by atoms with Gasteiger partial charge in [0.25, 0.3) is 0 Å². The van der Waals surface area contributed by atoms with Crippen LogP contribution in [0.1, 0.15) is 51.4 Å². The first-order valence-electron chi connectivity index (χ1n) is 7.69. The van der Waals surface area contributed by atoms with Crippen molar-refractivity contribution in [1.29, 1.82) is 0 Å². The number of alkyl halides is 1. The van der Waals surface area contributed by atoms with E-state index >= 15 is 0 Å². The van der Waals surface area contributed by atoms with E-state index in [2.05, 4.69) is 20.8 Å². The van der Waals surface area contributed by atoms with Crippen molar-refractivity contribution in [1.82, 2.24) is 4.90 Å². The molecule has 0 aromatic rings. The van der Waals surface area contributed by atoms with Gasteiger partial charge in [-0.05, 0) is 50.4 Å². The zero-order valence-electron chi connectivity index (χ0n) is 11.1. The standard InChI is InChI=1S/C15H24BrNO/c16-9-8-11-5-3-4-10-17(11)15(18)14-12-6-1-2-7-13(12)14/h11-14H,1-10H2. The third-order valence-electron chi connectivity index (χ3n) is 5.29. The van der Waals surface area contributed by atoms with Gasteiger partial charge in [0.15, 0.2) is 0 Å². The van der Waals surface area contributed by atoms with Crippen molar-refractivity contribution in [2.24, 2.45) is 17.8 Å². The van der Waals surface area contributed by atoms with Crippen molar-refractivity contribution in [3.05, 3.63) is 0 Å². The van der Waals surface area contributed by atoms with E-state index in [-0.39, 0.29) is 0 Å². The highest BCUT2D eigenvalue weighted by atomic mass is 79.9. The van der Waals surface area contributed by atoms with Crippen LogP contribution in [0.25, 0.3) is 0 Å². The summed E-state index contributed by atoms with van der Waals surface area (Å²) < 4.78 is 0. The highest BCUT2D eigenvalue weighted by Gasteiger charge is 2.56. The molecule has 0 bridgehead atoms. The molecular weight excluding hydrogens is 290 g/mol.